The van der Waals surface area contributed by atoms with E-state index in [9.17, 15) is 13.2 Å². The summed E-state index contributed by atoms with van der Waals surface area (Å²) in [7, 11) is -2.94. The minimum Gasteiger partial charge on any atom is -0.300 e. The molecule has 0 N–H and O–H groups in total. The maximum Gasteiger partial charge on any atom is 0.214 e. The van der Waals surface area contributed by atoms with Crippen molar-refractivity contribution < 1.29 is 13.2 Å². The molecule has 82 valence electrons. The first-order chi connectivity index (χ1) is 6.52. The molecule has 0 aromatic carbocycles. The first-order valence-electron chi connectivity index (χ1n) is 4.99. The first-order valence-corrected chi connectivity index (χ1v) is 6.60. The SMILES string of the molecule is CC(=O)CCCCN1CCCS1(=O)=O. The van der Waals surface area contributed by atoms with Crippen molar-refractivity contribution in [2.45, 2.75) is 32.6 Å². The van der Waals surface area contributed by atoms with E-state index in [1.54, 1.807) is 6.92 Å². The maximum absolute atomic E-state index is 11.3. The van der Waals surface area contributed by atoms with E-state index in [1.165, 1.54) is 4.31 Å². The first kappa shape index (κ1) is 11.7. The number of carbonyl (C=O) groups excluding carboxylic acids is 1. The molecule has 1 aliphatic rings. The van der Waals surface area contributed by atoms with Crippen LogP contribution in [-0.4, -0.2) is 37.3 Å². The Morgan fingerprint density at radius 2 is 2.07 bits per heavy atom. The number of sulfonamides is 1. The second-order valence-corrected chi connectivity index (χ2v) is 5.82. The van der Waals surface area contributed by atoms with Gasteiger partial charge >= 0.3 is 0 Å². The molecule has 1 rings (SSSR count). The molecule has 0 atom stereocenters. The molecule has 0 aliphatic carbocycles. The van der Waals surface area contributed by atoms with Crippen LogP contribution < -0.4 is 0 Å². The van der Waals surface area contributed by atoms with Gasteiger partial charge in [-0.15, -0.1) is 0 Å². The topological polar surface area (TPSA) is 54.5 Å². The smallest absolute Gasteiger partial charge is 0.214 e. The van der Waals surface area contributed by atoms with Crippen LogP contribution in [-0.2, 0) is 14.8 Å². The zero-order valence-electron chi connectivity index (χ0n) is 8.53. The van der Waals surface area contributed by atoms with Gasteiger partial charge in [-0.3, -0.25) is 0 Å². The molecule has 1 aliphatic heterocycles. The summed E-state index contributed by atoms with van der Waals surface area (Å²) in [6, 6.07) is 0. The molecule has 4 nitrogen and oxygen atoms in total. The third-order valence-electron chi connectivity index (χ3n) is 2.39. The Hall–Kier alpha value is -0.420. The minimum absolute atomic E-state index is 0.175. The largest absolute Gasteiger partial charge is 0.300 e. The van der Waals surface area contributed by atoms with E-state index < -0.39 is 10.0 Å². The van der Waals surface area contributed by atoms with E-state index in [0.717, 1.165) is 19.3 Å². The molecule has 1 saturated heterocycles. The van der Waals surface area contributed by atoms with Crippen LogP contribution in [0.15, 0.2) is 0 Å². The average molecular weight is 219 g/mol. The Bertz CT molecular complexity index is 297. The quantitative estimate of drug-likeness (QED) is 0.642. The van der Waals surface area contributed by atoms with Gasteiger partial charge in [0.1, 0.15) is 5.78 Å². The van der Waals surface area contributed by atoms with Crippen molar-refractivity contribution in [2.24, 2.45) is 0 Å². The van der Waals surface area contributed by atoms with Gasteiger partial charge in [0.2, 0.25) is 10.0 Å². The summed E-state index contributed by atoms with van der Waals surface area (Å²) < 4.78 is 24.2. The van der Waals surface area contributed by atoms with Gasteiger partial charge in [-0.1, -0.05) is 0 Å². The summed E-state index contributed by atoms with van der Waals surface area (Å²) in [5.74, 6) is 0.467. The van der Waals surface area contributed by atoms with Gasteiger partial charge in [0.05, 0.1) is 5.75 Å². The zero-order valence-corrected chi connectivity index (χ0v) is 9.35. The molecule has 0 radical (unpaired) electrons. The number of hydrogen-bond acceptors (Lipinski definition) is 3. The molecule has 5 heteroatoms. The molecule has 1 heterocycles. The molecule has 14 heavy (non-hydrogen) atoms. The Labute approximate surface area is 85.3 Å². The van der Waals surface area contributed by atoms with Crippen molar-refractivity contribution in [3.05, 3.63) is 0 Å². The predicted molar refractivity (Wildman–Crippen MR) is 54.5 cm³/mol. The van der Waals surface area contributed by atoms with E-state index in [4.69, 9.17) is 0 Å². The number of ketones is 1. The van der Waals surface area contributed by atoms with Gasteiger partial charge < -0.3 is 4.79 Å². The molecule has 0 saturated carbocycles. The van der Waals surface area contributed by atoms with Crippen molar-refractivity contribution in [3.8, 4) is 0 Å². The Morgan fingerprint density at radius 1 is 1.36 bits per heavy atom. The Balaban J connectivity index is 2.22. The van der Waals surface area contributed by atoms with Gasteiger partial charge in [0.15, 0.2) is 0 Å². The van der Waals surface area contributed by atoms with Crippen LogP contribution in [0.5, 0.6) is 0 Å². The lowest BCUT2D eigenvalue weighted by Crippen LogP contribution is -2.26. The second kappa shape index (κ2) is 4.89. The van der Waals surface area contributed by atoms with Crippen LogP contribution in [0.2, 0.25) is 0 Å². The number of nitrogens with zero attached hydrogens (tertiary/aromatic N) is 1. The normalized spacial score (nSPS) is 21.2. The van der Waals surface area contributed by atoms with Gasteiger partial charge in [-0.25, -0.2) is 12.7 Å². The average Bonchev–Trinajstić information content (AvgIpc) is 2.39. The van der Waals surface area contributed by atoms with Crippen LogP contribution in [0.25, 0.3) is 0 Å². The van der Waals surface area contributed by atoms with E-state index in [-0.39, 0.29) is 5.78 Å². The van der Waals surface area contributed by atoms with Crippen molar-refractivity contribution in [3.63, 3.8) is 0 Å². The zero-order chi connectivity index (χ0) is 10.6. The summed E-state index contributed by atoms with van der Waals surface area (Å²) in [5, 5.41) is 0. The molecule has 0 aromatic rings. The third kappa shape index (κ3) is 3.38. The van der Waals surface area contributed by atoms with Gasteiger partial charge in [-0.05, 0) is 26.2 Å². The highest BCUT2D eigenvalue weighted by atomic mass is 32.2. The Kier molecular flexibility index (Phi) is 4.07. The van der Waals surface area contributed by atoms with Crippen LogP contribution in [0, 0.1) is 0 Å². The van der Waals surface area contributed by atoms with Crippen LogP contribution in [0.4, 0.5) is 0 Å². The molecule has 0 unspecified atom stereocenters. The minimum atomic E-state index is -2.94. The fourth-order valence-electron chi connectivity index (χ4n) is 1.60. The summed E-state index contributed by atoms with van der Waals surface area (Å²) in [6.07, 6.45) is 2.89. The van der Waals surface area contributed by atoms with Gasteiger partial charge in [-0.2, -0.15) is 0 Å². The lowest BCUT2D eigenvalue weighted by atomic mass is 10.2. The lowest BCUT2D eigenvalue weighted by Gasteiger charge is -2.13. The molecule has 0 amide bonds. The third-order valence-corrected chi connectivity index (χ3v) is 4.35. The summed E-state index contributed by atoms with van der Waals surface area (Å²) >= 11 is 0. The predicted octanol–water partition coefficient (Wildman–Crippen LogP) is 0.781. The maximum atomic E-state index is 11.3. The molecule has 0 aromatic heterocycles. The van der Waals surface area contributed by atoms with Crippen molar-refractivity contribution >= 4 is 15.8 Å². The lowest BCUT2D eigenvalue weighted by molar-refractivity contribution is -0.117. The van der Waals surface area contributed by atoms with Gasteiger partial charge in [0, 0.05) is 19.5 Å². The van der Waals surface area contributed by atoms with Crippen LogP contribution in [0.1, 0.15) is 32.6 Å². The fraction of sp³-hybridized carbons (Fsp3) is 0.889. The van der Waals surface area contributed by atoms with E-state index >= 15 is 0 Å². The molecule has 0 bridgehead atoms. The second-order valence-electron chi connectivity index (χ2n) is 3.73. The Morgan fingerprint density at radius 3 is 2.57 bits per heavy atom. The van der Waals surface area contributed by atoms with E-state index in [2.05, 4.69) is 0 Å². The molecular formula is C9H17NO3S. The summed E-state index contributed by atoms with van der Waals surface area (Å²) in [4.78, 5) is 10.6. The number of rotatable bonds is 5. The van der Waals surface area contributed by atoms with Crippen molar-refractivity contribution in [1.29, 1.82) is 0 Å². The number of Topliss-reactive ketones (excluding diaryl/α,β-unsaturated/α-hetero) is 1. The van der Waals surface area contributed by atoms with Crippen molar-refractivity contribution in [2.75, 3.05) is 18.8 Å². The monoisotopic (exact) mass is 219 g/mol. The molecular weight excluding hydrogens is 202 g/mol. The molecule has 0 spiro atoms. The molecule has 1 fully saturated rings. The summed E-state index contributed by atoms with van der Waals surface area (Å²) in [5.41, 5.74) is 0. The van der Waals surface area contributed by atoms with E-state index in [1.807, 2.05) is 0 Å². The van der Waals surface area contributed by atoms with Crippen LogP contribution >= 0.6 is 0 Å². The highest BCUT2D eigenvalue weighted by molar-refractivity contribution is 7.89. The van der Waals surface area contributed by atoms with E-state index in [0.29, 0.717) is 25.3 Å². The van der Waals surface area contributed by atoms with Gasteiger partial charge in [0.25, 0.3) is 0 Å². The highest BCUT2D eigenvalue weighted by Crippen LogP contribution is 2.14. The number of hydrogen-bond donors (Lipinski definition) is 0. The van der Waals surface area contributed by atoms with Crippen LogP contribution in [0.3, 0.4) is 0 Å². The number of carbonyl (C=O) groups is 1. The van der Waals surface area contributed by atoms with Crippen molar-refractivity contribution in [1.82, 2.24) is 4.31 Å². The summed E-state index contributed by atoms with van der Waals surface area (Å²) in [6.45, 7) is 2.80. The number of unbranched alkanes of at least 4 members (excludes halogenated alkanes) is 1. The fourth-order valence-corrected chi connectivity index (χ4v) is 3.17. The highest BCUT2D eigenvalue weighted by Gasteiger charge is 2.27. The standard InChI is InChI=1S/C9H17NO3S/c1-9(11)5-2-3-6-10-7-4-8-14(10,12)13/h2-8H2,1H3.